The lowest BCUT2D eigenvalue weighted by Crippen LogP contribution is -2.46. The first-order valence-electron chi connectivity index (χ1n) is 6.84. The highest BCUT2D eigenvalue weighted by Gasteiger charge is 2.26. The largest absolute Gasteiger partial charge is 0.381 e. The lowest BCUT2D eigenvalue weighted by Gasteiger charge is -2.26. The zero-order valence-corrected chi connectivity index (χ0v) is 12.6. The third kappa shape index (κ3) is 4.47. The fraction of sp³-hybridized carbons (Fsp3) is 0.533. The van der Waals surface area contributed by atoms with Crippen molar-refractivity contribution in [2.75, 3.05) is 13.2 Å². The van der Waals surface area contributed by atoms with Crippen molar-refractivity contribution in [2.24, 2.45) is 11.7 Å². The molecule has 0 spiro atoms. The van der Waals surface area contributed by atoms with Crippen LogP contribution in [0.15, 0.2) is 24.3 Å². The summed E-state index contributed by atoms with van der Waals surface area (Å²) in [6.07, 6.45) is 1.75. The average Bonchev–Trinajstić information content (AvgIpc) is 2.46. The molecule has 1 aliphatic rings. The second-order valence-corrected chi connectivity index (χ2v) is 5.12. The quantitative estimate of drug-likeness (QED) is 0.891. The Morgan fingerprint density at radius 1 is 1.40 bits per heavy atom. The second-order valence-electron chi connectivity index (χ2n) is 5.12. The molecule has 112 valence electrons. The number of nitrogens with two attached hydrogens (primary N) is 1. The van der Waals surface area contributed by atoms with Crippen LogP contribution in [0.2, 0.25) is 0 Å². The number of aryl methyl sites for hydroxylation is 1. The van der Waals surface area contributed by atoms with E-state index in [9.17, 15) is 4.79 Å². The molecule has 3 N–H and O–H groups in total. The molecule has 1 aliphatic heterocycles. The van der Waals surface area contributed by atoms with Gasteiger partial charge in [-0.15, -0.1) is 12.4 Å². The van der Waals surface area contributed by atoms with Crippen molar-refractivity contribution in [2.45, 2.75) is 32.4 Å². The third-order valence-corrected chi connectivity index (χ3v) is 3.79. The van der Waals surface area contributed by atoms with Crippen LogP contribution >= 0.6 is 12.4 Å². The number of rotatable bonds is 4. The third-order valence-electron chi connectivity index (χ3n) is 3.79. The minimum atomic E-state index is -0.423. The van der Waals surface area contributed by atoms with Gasteiger partial charge in [0.2, 0.25) is 5.91 Å². The normalized spacial score (nSPS) is 17.1. The number of nitrogens with one attached hydrogen (secondary N) is 1. The summed E-state index contributed by atoms with van der Waals surface area (Å²) in [6.45, 7) is 4.01. The number of amides is 1. The van der Waals surface area contributed by atoms with Crippen molar-refractivity contribution in [3.63, 3.8) is 0 Å². The molecule has 1 atom stereocenters. The minimum Gasteiger partial charge on any atom is -0.381 e. The van der Waals surface area contributed by atoms with Gasteiger partial charge in [-0.05, 0) is 36.8 Å². The van der Waals surface area contributed by atoms with E-state index in [4.69, 9.17) is 10.5 Å². The molecule has 1 aromatic carbocycles. The van der Waals surface area contributed by atoms with E-state index in [2.05, 4.69) is 5.32 Å². The van der Waals surface area contributed by atoms with Gasteiger partial charge in [0, 0.05) is 19.8 Å². The number of carbonyl (C=O) groups is 1. The summed E-state index contributed by atoms with van der Waals surface area (Å²) in [5.74, 6) is 0.181. The molecule has 4 nitrogen and oxygen atoms in total. The topological polar surface area (TPSA) is 64.4 Å². The molecule has 1 fully saturated rings. The van der Waals surface area contributed by atoms with E-state index in [1.54, 1.807) is 0 Å². The number of hydrogen-bond donors (Lipinski definition) is 2. The molecule has 1 unspecified atom stereocenters. The molecule has 5 heteroatoms. The Morgan fingerprint density at radius 3 is 2.70 bits per heavy atom. The predicted octanol–water partition coefficient (Wildman–Crippen LogP) is 1.79. The maximum Gasteiger partial charge on any atom is 0.237 e. The van der Waals surface area contributed by atoms with E-state index in [0.29, 0.717) is 19.8 Å². The van der Waals surface area contributed by atoms with Crippen molar-refractivity contribution < 1.29 is 9.53 Å². The number of benzene rings is 1. The van der Waals surface area contributed by atoms with E-state index in [1.165, 1.54) is 5.56 Å². The fourth-order valence-corrected chi connectivity index (χ4v) is 2.40. The first-order chi connectivity index (χ1) is 9.18. The molecule has 0 bridgehead atoms. The molecule has 0 saturated carbocycles. The summed E-state index contributed by atoms with van der Waals surface area (Å²) in [7, 11) is 0. The van der Waals surface area contributed by atoms with Crippen molar-refractivity contribution >= 4 is 18.3 Å². The van der Waals surface area contributed by atoms with Gasteiger partial charge < -0.3 is 15.8 Å². The average molecular weight is 299 g/mol. The smallest absolute Gasteiger partial charge is 0.237 e. The maximum absolute atomic E-state index is 12.0. The first kappa shape index (κ1) is 17.0. The van der Waals surface area contributed by atoms with Gasteiger partial charge in [0.15, 0.2) is 0 Å². The van der Waals surface area contributed by atoms with Crippen molar-refractivity contribution in [3.05, 3.63) is 35.4 Å². The Hall–Kier alpha value is -1.10. The Morgan fingerprint density at radius 2 is 2.05 bits per heavy atom. The number of ether oxygens (including phenoxy) is 1. The van der Waals surface area contributed by atoms with E-state index in [-0.39, 0.29) is 24.2 Å². The second kappa shape index (κ2) is 8.25. The van der Waals surface area contributed by atoms with Crippen LogP contribution in [0.1, 0.15) is 24.0 Å². The minimum absolute atomic E-state index is 0. The van der Waals surface area contributed by atoms with E-state index in [1.807, 2.05) is 31.2 Å². The summed E-state index contributed by atoms with van der Waals surface area (Å²) in [6, 6.07) is 7.62. The summed E-state index contributed by atoms with van der Waals surface area (Å²) in [4.78, 5) is 12.0. The molecule has 1 heterocycles. The lowest BCUT2D eigenvalue weighted by molar-refractivity contribution is -0.124. The van der Waals surface area contributed by atoms with Crippen LogP contribution < -0.4 is 11.1 Å². The molecule has 1 saturated heterocycles. The zero-order valence-electron chi connectivity index (χ0n) is 11.8. The highest BCUT2D eigenvalue weighted by atomic mass is 35.5. The standard InChI is InChI=1S/C15H22N2O2.ClH/c1-11-4-2-3-5-13(11)10-17-15(18)14(16)12-6-8-19-9-7-12;/h2-5,12,14H,6-10,16H2,1H3,(H,17,18);1H. The van der Waals surface area contributed by atoms with Gasteiger partial charge in [-0.2, -0.15) is 0 Å². The monoisotopic (exact) mass is 298 g/mol. The van der Waals surface area contributed by atoms with Gasteiger partial charge in [-0.3, -0.25) is 4.79 Å². The molecule has 2 rings (SSSR count). The van der Waals surface area contributed by atoms with Crippen LogP contribution in [0.25, 0.3) is 0 Å². The SMILES string of the molecule is Cc1ccccc1CNC(=O)C(N)C1CCOCC1.Cl. The summed E-state index contributed by atoms with van der Waals surface area (Å²) in [5, 5.41) is 2.93. The highest BCUT2D eigenvalue weighted by molar-refractivity contribution is 5.85. The summed E-state index contributed by atoms with van der Waals surface area (Å²) in [5.41, 5.74) is 8.34. The molecule has 1 amide bonds. The van der Waals surface area contributed by atoms with E-state index in [0.717, 1.165) is 18.4 Å². The fourth-order valence-electron chi connectivity index (χ4n) is 2.40. The van der Waals surface area contributed by atoms with Gasteiger partial charge >= 0.3 is 0 Å². The Balaban J connectivity index is 0.00000200. The predicted molar refractivity (Wildman–Crippen MR) is 81.8 cm³/mol. The molecule has 0 aliphatic carbocycles. The molecule has 20 heavy (non-hydrogen) atoms. The number of carbonyl (C=O) groups excluding carboxylic acids is 1. The maximum atomic E-state index is 12.0. The van der Waals surface area contributed by atoms with Gasteiger partial charge in [0.1, 0.15) is 0 Å². The van der Waals surface area contributed by atoms with Crippen molar-refractivity contribution in [3.8, 4) is 0 Å². The zero-order chi connectivity index (χ0) is 13.7. The van der Waals surface area contributed by atoms with E-state index < -0.39 is 6.04 Å². The van der Waals surface area contributed by atoms with Gasteiger partial charge in [0.25, 0.3) is 0 Å². The molecular formula is C15H23ClN2O2. The van der Waals surface area contributed by atoms with Gasteiger partial charge in [-0.25, -0.2) is 0 Å². The molecule has 0 aromatic heterocycles. The van der Waals surface area contributed by atoms with Crippen LogP contribution in [0.5, 0.6) is 0 Å². The van der Waals surface area contributed by atoms with Crippen LogP contribution in [0.4, 0.5) is 0 Å². The van der Waals surface area contributed by atoms with Crippen LogP contribution in [-0.2, 0) is 16.1 Å². The molecular weight excluding hydrogens is 276 g/mol. The highest BCUT2D eigenvalue weighted by Crippen LogP contribution is 2.17. The van der Waals surface area contributed by atoms with Crippen LogP contribution in [-0.4, -0.2) is 25.2 Å². The number of halogens is 1. The number of hydrogen-bond acceptors (Lipinski definition) is 3. The molecule has 0 radical (unpaired) electrons. The summed E-state index contributed by atoms with van der Waals surface area (Å²) >= 11 is 0. The van der Waals surface area contributed by atoms with Crippen molar-refractivity contribution in [1.82, 2.24) is 5.32 Å². The van der Waals surface area contributed by atoms with Crippen LogP contribution in [0, 0.1) is 12.8 Å². The van der Waals surface area contributed by atoms with E-state index >= 15 is 0 Å². The van der Waals surface area contributed by atoms with Crippen LogP contribution in [0.3, 0.4) is 0 Å². The first-order valence-corrected chi connectivity index (χ1v) is 6.84. The summed E-state index contributed by atoms with van der Waals surface area (Å²) < 4.78 is 5.29. The van der Waals surface area contributed by atoms with Crippen molar-refractivity contribution in [1.29, 1.82) is 0 Å². The van der Waals surface area contributed by atoms with Gasteiger partial charge in [-0.1, -0.05) is 24.3 Å². The Labute approximate surface area is 126 Å². The lowest BCUT2D eigenvalue weighted by atomic mass is 9.92. The molecule has 1 aromatic rings. The Kier molecular flexibility index (Phi) is 6.99. The Bertz CT molecular complexity index is 434. The van der Waals surface area contributed by atoms with Gasteiger partial charge in [0.05, 0.1) is 6.04 Å².